The molecule has 1 N–H and O–H groups in total. The summed E-state index contributed by atoms with van der Waals surface area (Å²) in [5, 5.41) is 4.05. The van der Waals surface area contributed by atoms with Crippen LogP contribution in [-0.2, 0) is 0 Å². The molecule has 2 heterocycles. The third kappa shape index (κ3) is 0.581. The van der Waals surface area contributed by atoms with E-state index in [1.807, 2.05) is 17.3 Å². The largest absolute Gasteiger partial charge is 0.313 e. The lowest BCUT2D eigenvalue weighted by molar-refractivity contribution is 0.766. The highest BCUT2D eigenvalue weighted by Crippen LogP contribution is 2.23. The summed E-state index contributed by atoms with van der Waals surface area (Å²) in [4.78, 5) is 4.27. The number of aliphatic imine (C=N–C) groups is 1. The van der Waals surface area contributed by atoms with Gasteiger partial charge in [0, 0.05) is 18.3 Å². The molecule has 2 unspecified atom stereocenters. The Kier molecular flexibility index (Phi) is 1.05. The number of rotatable bonds is 0. The van der Waals surface area contributed by atoms with Crippen LogP contribution in [0.4, 0.5) is 0 Å². The number of hydrogen-bond acceptors (Lipinski definition) is 3. The van der Waals surface area contributed by atoms with E-state index in [-0.39, 0.29) is 0 Å². The third-order valence-corrected chi connectivity index (χ3v) is 2.69. The molecule has 2 rings (SSSR count). The van der Waals surface area contributed by atoms with Crippen LogP contribution >= 0.6 is 11.8 Å². The Balaban J connectivity index is 2.13. The van der Waals surface area contributed by atoms with Crippen LogP contribution in [0.3, 0.4) is 0 Å². The number of nitrogens with zero attached hydrogens (tertiary/aromatic N) is 1. The quantitative estimate of drug-likeness (QED) is 0.500. The molecule has 2 nitrogen and oxygen atoms in total. The normalized spacial score (nSPS) is 43.0. The molecule has 8 heavy (non-hydrogen) atoms. The predicted molar refractivity (Wildman–Crippen MR) is 36.5 cm³/mol. The van der Waals surface area contributed by atoms with Crippen molar-refractivity contribution in [3.63, 3.8) is 0 Å². The maximum Gasteiger partial charge on any atom is 0.0764 e. The molecular weight excluding hydrogens is 120 g/mol. The van der Waals surface area contributed by atoms with Gasteiger partial charge in [-0.05, 0) is 0 Å². The first-order valence-electron chi connectivity index (χ1n) is 2.84. The molecule has 0 saturated carbocycles. The van der Waals surface area contributed by atoms with Gasteiger partial charge in [0.1, 0.15) is 0 Å². The Labute approximate surface area is 52.8 Å². The summed E-state index contributed by atoms with van der Waals surface area (Å²) >= 11 is 1.86. The minimum atomic E-state index is 0.597. The first-order valence-corrected chi connectivity index (χ1v) is 3.79. The molecule has 0 amide bonds. The van der Waals surface area contributed by atoms with Crippen molar-refractivity contribution in [3.05, 3.63) is 0 Å². The van der Waals surface area contributed by atoms with Crippen LogP contribution in [0.25, 0.3) is 0 Å². The third-order valence-electron chi connectivity index (χ3n) is 1.62. The highest BCUT2D eigenvalue weighted by atomic mass is 32.2. The molecule has 1 saturated heterocycles. The first kappa shape index (κ1) is 4.82. The average molecular weight is 128 g/mol. The highest BCUT2D eigenvalue weighted by molar-refractivity contribution is 8.13. The van der Waals surface area contributed by atoms with Crippen LogP contribution in [-0.4, -0.2) is 29.9 Å². The van der Waals surface area contributed by atoms with Gasteiger partial charge in [-0.1, -0.05) is 0 Å². The van der Waals surface area contributed by atoms with Crippen LogP contribution in [0.2, 0.25) is 0 Å². The van der Waals surface area contributed by atoms with E-state index in [0.717, 1.165) is 18.3 Å². The molecule has 0 bridgehead atoms. The van der Waals surface area contributed by atoms with E-state index < -0.39 is 0 Å². The molecule has 2 aliphatic rings. The van der Waals surface area contributed by atoms with Gasteiger partial charge < -0.3 is 5.32 Å². The minimum absolute atomic E-state index is 0.597. The second-order valence-electron chi connectivity index (χ2n) is 2.15. The van der Waals surface area contributed by atoms with Crippen molar-refractivity contribution >= 4 is 17.3 Å². The molecule has 0 aromatic rings. The highest BCUT2D eigenvalue weighted by Gasteiger charge is 2.29. The van der Waals surface area contributed by atoms with Crippen molar-refractivity contribution in [2.24, 2.45) is 4.99 Å². The number of thioether (sulfide) groups is 1. The maximum atomic E-state index is 4.27. The Hall–Kier alpha value is -0.0200. The topological polar surface area (TPSA) is 24.4 Å². The van der Waals surface area contributed by atoms with Crippen molar-refractivity contribution in [2.75, 3.05) is 13.1 Å². The second kappa shape index (κ2) is 1.74. The first-order chi connectivity index (χ1) is 3.97. The Morgan fingerprint density at radius 1 is 1.62 bits per heavy atom. The van der Waals surface area contributed by atoms with Gasteiger partial charge in [0.2, 0.25) is 0 Å². The zero-order valence-electron chi connectivity index (χ0n) is 4.50. The Bertz CT molecular complexity index is 124. The van der Waals surface area contributed by atoms with Gasteiger partial charge in [0.25, 0.3) is 0 Å². The monoisotopic (exact) mass is 128 g/mol. The molecule has 0 aromatic heterocycles. The fourth-order valence-corrected chi connectivity index (χ4v) is 2.06. The molecule has 3 heteroatoms. The van der Waals surface area contributed by atoms with Gasteiger partial charge >= 0.3 is 0 Å². The van der Waals surface area contributed by atoms with Crippen molar-refractivity contribution in [1.82, 2.24) is 5.32 Å². The standard InChI is InChI=1S/C5H8N2S/c1-4-5(2-6-1)8-3-7-4/h3-6H,1-2H2. The molecule has 0 aliphatic carbocycles. The molecule has 0 aromatic carbocycles. The van der Waals surface area contributed by atoms with Crippen molar-refractivity contribution < 1.29 is 0 Å². The molecule has 1 fully saturated rings. The summed E-state index contributed by atoms with van der Waals surface area (Å²) in [5.74, 6) is 0. The fraction of sp³-hybridized carbons (Fsp3) is 0.800. The summed E-state index contributed by atoms with van der Waals surface area (Å²) in [6.45, 7) is 2.24. The molecule has 0 spiro atoms. The molecule has 44 valence electrons. The fourth-order valence-electron chi connectivity index (χ4n) is 1.12. The van der Waals surface area contributed by atoms with Gasteiger partial charge in [-0.3, -0.25) is 4.99 Å². The van der Waals surface area contributed by atoms with Crippen molar-refractivity contribution in [2.45, 2.75) is 11.3 Å². The van der Waals surface area contributed by atoms with Crippen LogP contribution in [0.15, 0.2) is 4.99 Å². The predicted octanol–water partition coefficient (Wildman–Crippen LogP) is 0.102. The van der Waals surface area contributed by atoms with Gasteiger partial charge in [-0.15, -0.1) is 11.8 Å². The minimum Gasteiger partial charge on any atom is -0.313 e. The van der Waals surface area contributed by atoms with E-state index in [1.54, 1.807) is 0 Å². The van der Waals surface area contributed by atoms with Crippen LogP contribution in [0.1, 0.15) is 0 Å². The number of nitrogens with one attached hydrogen (secondary N) is 1. The van der Waals surface area contributed by atoms with Crippen LogP contribution in [0.5, 0.6) is 0 Å². The van der Waals surface area contributed by atoms with E-state index in [0.29, 0.717) is 6.04 Å². The van der Waals surface area contributed by atoms with Gasteiger partial charge in [0.15, 0.2) is 0 Å². The van der Waals surface area contributed by atoms with E-state index in [1.165, 1.54) is 0 Å². The summed E-state index contributed by atoms with van der Waals surface area (Å²) in [6, 6.07) is 0.597. The smallest absolute Gasteiger partial charge is 0.0764 e. The van der Waals surface area contributed by atoms with E-state index in [4.69, 9.17) is 0 Å². The maximum absolute atomic E-state index is 4.27. The Morgan fingerprint density at radius 2 is 2.62 bits per heavy atom. The number of fused-ring (bicyclic) bond motifs is 1. The van der Waals surface area contributed by atoms with Crippen LogP contribution < -0.4 is 5.32 Å². The van der Waals surface area contributed by atoms with E-state index in [2.05, 4.69) is 10.3 Å². The lowest BCUT2D eigenvalue weighted by Gasteiger charge is -2.00. The molecule has 2 aliphatic heterocycles. The SMILES string of the molecule is C1=NC2CNCC2S1. The summed E-state index contributed by atoms with van der Waals surface area (Å²) < 4.78 is 0. The lowest BCUT2D eigenvalue weighted by Crippen LogP contribution is -2.12. The average Bonchev–Trinajstić information content (AvgIpc) is 2.15. The molecule has 2 atom stereocenters. The van der Waals surface area contributed by atoms with E-state index >= 15 is 0 Å². The Morgan fingerprint density at radius 3 is 3.50 bits per heavy atom. The van der Waals surface area contributed by atoms with Crippen LogP contribution in [0, 0.1) is 0 Å². The zero-order chi connectivity index (χ0) is 5.40. The summed E-state index contributed by atoms with van der Waals surface area (Å²) in [7, 11) is 0. The zero-order valence-corrected chi connectivity index (χ0v) is 5.32. The van der Waals surface area contributed by atoms with E-state index in [9.17, 15) is 0 Å². The molecular formula is C5H8N2S. The number of hydrogen-bond donors (Lipinski definition) is 1. The van der Waals surface area contributed by atoms with Gasteiger partial charge in [-0.25, -0.2) is 0 Å². The van der Waals surface area contributed by atoms with Gasteiger partial charge in [-0.2, -0.15) is 0 Å². The molecule has 0 radical (unpaired) electrons. The summed E-state index contributed by atoms with van der Waals surface area (Å²) in [5.41, 5.74) is 1.98. The second-order valence-corrected chi connectivity index (χ2v) is 3.24. The van der Waals surface area contributed by atoms with Gasteiger partial charge in [0.05, 0.1) is 11.6 Å². The van der Waals surface area contributed by atoms with Crippen molar-refractivity contribution in [1.29, 1.82) is 0 Å². The lowest BCUT2D eigenvalue weighted by atomic mass is 10.3. The van der Waals surface area contributed by atoms with Crippen molar-refractivity contribution in [3.8, 4) is 0 Å². The summed E-state index contributed by atoms with van der Waals surface area (Å²) in [6.07, 6.45) is 0.